The molecule has 1 N–H and O–H groups in total. The summed E-state index contributed by atoms with van der Waals surface area (Å²) in [5.41, 5.74) is -0.426. The molecule has 5 heteroatoms. The summed E-state index contributed by atoms with van der Waals surface area (Å²) < 4.78 is 39.0. The molecule has 19 heavy (non-hydrogen) atoms. The van der Waals surface area contributed by atoms with Gasteiger partial charge in [0.2, 0.25) is 0 Å². The number of carbonyl (C=O) groups excluding carboxylic acids is 1. The van der Waals surface area contributed by atoms with E-state index in [-0.39, 0.29) is 23.1 Å². The first-order chi connectivity index (χ1) is 8.79. The van der Waals surface area contributed by atoms with E-state index < -0.39 is 17.6 Å². The molecule has 0 atom stereocenters. The van der Waals surface area contributed by atoms with Gasteiger partial charge in [0.15, 0.2) is 0 Å². The van der Waals surface area contributed by atoms with Crippen LogP contribution in [0.5, 0.6) is 0 Å². The van der Waals surface area contributed by atoms with Crippen molar-refractivity contribution in [2.45, 2.75) is 44.8 Å². The third kappa shape index (κ3) is 3.28. The van der Waals surface area contributed by atoms with E-state index in [1.54, 1.807) is 13.8 Å². The van der Waals surface area contributed by atoms with Crippen LogP contribution >= 0.6 is 0 Å². The number of benzene rings is 1. The van der Waals surface area contributed by atoms with Gasteiger partial charge in [0.25, 0.3) is 5.91 Å². The normalized spacial score (nSPS) is 15.7. The first-order valence-electron chi connectivity index (χ1n) is 6.31. The Morgan fingerprint density at radius 2 is 1.95 bits per heavy atom. The Morgan fingerprint density at radius 1 is 1.32 bits per heavy atom. The second-order valence-electron chi connectivity index (χ2n) is 5.20. The highest BCUT2D eigenvalue weighted by molar-refractivity contribution is 5.94. The molecule has 2 nitrogen and oxygen atoms in total. The maximum Gasteiger partial charge on any atom is 0.416 e. The molecule has 0 aliphatic heterocycles. The van der Waals surface area contributed by atoms with E-state index in [0.717, 1.165) is 18.9 Å². The van der Waals surface area contributed by atoms with Gasteiger partial charge < -0.3 is 5.32 Å². The molecule has 1 aliphatic carbocycles. The first-order valence-corrected chi connectivity index (χ1v) is 6.31. The Hall–Kier alpha value is -1.52. The number of hydrogen-bond donors (Lipinski definition) is 1. The molecule has 1 saturated carbocycles. The van der Waals surface area contributed by atoms with Crippen LogP contribution < -0.4 is 5.32 Å². The van der Waals surface area contributed by atoms with E-state index in [4.69, 9.17) is 0 Å². The van der Waals surface area contributed by atoms with Crippen LogP contribution in [0.2, 0.25) is 0 Å². The van der Waals surface area contributed by atoms with Crippen LogP contribution in [-0.2, 0) is 6.18 Å². The molecule has 1 amide bonds. The van der Waals surface area contributed by atoms with E-state index in [1.165, 1.54) is 12.1 Å². The zero-order valence-corrected chi connectivity index (χ0v) is 10.8. The lowest BCUT2D eigenvalue weighted by atomic mass is 9.94. The molecule has 1 fully saturated rings. The molecule has 0 spiro atoms. The van der Waals surface area contributed by atoms with Crippen LogP contribution in [0.4, 0.5) is 13.2 Å². The van der Waals surface area contributed by atoms with Gasteiger partial charge in [-0.2, -0.15) is 13.2 Å². The van der Waals surface area contributed by atoms with E-state index in [2.05, 4.69) is 5.32 Å². The quantitative estimate of drug-likeness (QED) is 0.891. The number of halogens is 3. The van der Waals surface area contributed by atoms with Crippen molar-refractivity contribution in [3.63, 3.8) is 0 Å². The number of carbonyl (C=O) groups is 1. The highest BCUT2D eigenvalue weighted by Crippen LogP contribution is 2.35. The Bertz CT molecular complexity index is 490. The van der Waals surface area contributed by atoms with Crippen molar-refractivity contribution in [1.29, 1.82) is 0 Å². The zero-order chi connectivity index (χ0) is 14.2. The summed E-state index contributed by atoms with van der Waals surface area (Å²) in [4.78, 5) is 11.8. The van der Waals surface area contributed by atoms with Crippen molar-refractivity contribution in [3.8, 4) is 0 Å². The van der Waals surface area contributed by atoms with Gasteiger partial charge in [0.1, 0.15) is 0 Å². The second kappa shape index (κ2) is 4.87. The lowest BCUT2D eigenvalue weighted by molar-refractivity contribution is -0.138. The molecular weight excluding hydrogens is 255 g/mol. The SMILES string of the molecule is CC(C)c1ccc(C(=O)NC2CC2)cc1C(F)(F)F. The molecule has 1 aromatic carbocycles. The molecule has 0 aromatic heterocycles. The fourth-order valence-corrected chi connectivity index (χ4v) is 1.94. The smallest absolute Gasteiger partial charge is 0.349 e. The topological polar surface area (TPSA) is 29.1 Å². The summed E-state index contributed by atoms with van der Waals surface area (Å²) in [5.74, 6) is -0.666. The second-order valence-corrected chi connectivity index (χ2v) is 5.20. The van der Waals surface area contributed by atoms with Crippen molar-refractivity contribution in [1.82, 2.24) is 5.32 Å². The predicted molar refractivity (Wildman–Crippen MR) is 66.0 cm³/mol. The van der Waals surface area contributed by atoms with Crippen molar-refractivity contribution in [2.24, 2.45) is 0 Å². The Labute approximate surface area is 110 Å². The average Bonchev–Trinajstić information content (AvgIpc) is 3.10. The van der Waals surface area contributed by atoms with Crippen LogP contribution in [0, 0.1) is 0 Å². The Kier molecular flexibility index (Phi) is 3.56. The summed E-state index contributed by atoms with van der Waals surface area (Å²) in [6, 6.07) is 3.94. The lowest BCUT2D eigenvalue weighted by Gasteiger charge is -2.16. The third-order valence-electron chi connectivity index (χ3n) is 3.16. The van der Waals surface area contributed by atoms with E-state index in [1.807, 2.05) is 0 Å². The average molecular weight is 271 g/mol. The standard InChI is InChI=1S/C14H16F3NO/c1-8(2)11-6-3-9(7-12(11)14(15,16)17)13(19)18-10-4-5-10/h3,6-8,10H,4-5H2,1-2H3,(H,18,19). The number of nitrogens with one attached hydrogen (secondary N) is 1. The van der Waals surface area contributed by atoms with E-state index in [9.17, 15) is 18.0 Å². The van der Waals surface area contributed by atoms with Gasteiger partial charge in [0, 0.05) is 11.6 Å². The van der Waals surface area contributed by atoms with Gasteiger partial charge in [-0.15, -0.1) is 0 Å². The van der Waals surface area contributed by atoms with Gasteiger partial charge in [-0.1, -0.05) is 19.9 Å². The van der Waals surface area contributed by atoms with E-state index >= 15 is 0 Å². The summed E-state index contributed by atoms with van der Waals surface area (Å²) in [6.45, 7) is 3.41. The van der Waals surface area contributed by atoms with Crippen LogP contribution in [-0.4, -0.2) is 11.9 Å². The van der Waals surface area contributed by atoms with Crippen molar-refractivity contribution in [3.05, 3.63) is 34.9 Å². The van der Waals surface area contributed by atoms with Crippen molar-refractivity contribution in [2.75, 3.05) is 0 Å². The minimum Gasteiger partial charge on any atom is -0.349 e. The molecule has 0 saturated heterocycles. The summed E-state index contributed by atoms with van der Waals surface area (Å²) in [7, 11) is 0. The fourth-order valence-electron chi connectivity index (χ4n) is 1.94. The number of alkyl halides is 3. The summed E-state index contributed by atoms with van der Waals surface area (Å²) >= 11 is 0. The van der Waals surface area contributed by atoms with Gasteiger partial charge in [-0.05, 0) is 36.5 Å². The molecule has 0 heterocycles. The molecule has 1 aromatic rings. The molecule has 0 bridgehead atoms. The highest BCUT2D eigenvalue weighted by Gasteiger charge is 2.35. The summed E-state index contributed by atoms with van der Waals surface area (Å²) in [5, 5.41) is 2.69. The monoisotopic (exact) mass is 271 g/mol. The van der Waals surface area contributed by atoms with Gasteiger partial charge >= 0.3 is 6.18 Å². The third-order valence-corrected chi connectivity index (χ3v) is 3.16. The minimum atomic E-state index is -4.44. The molecular formula is C14H16F3NO. The van der Waals surface area contributed by atoms with Gasteiger partial charge in [-0.25, -0.2) is 0 Å². The zero-order valence-electron chi connectivity index (χ0n) is 10.8. The Morgan fingerprint density at radius 3 is 2.42 bits per heavy atom. The molecule has 0 radical (unpaired) electrons. The number of hydrogen-bond acceptors (Lipinski definition) is 1. The van der Waals surface area contributed by atoms with Crippen molar-refractivity contribution < 1.29 is 18.0 Å². The fraction of sp³-hybridized carbons (Fsp3) is 0.500. The maximum absolute atomic E-state index is 13.0. The van der Waals surface area contributed by atoms with Crippen LogP contribution in [0.1, 0.15) is 54.1 Å². The van der Waals surface area contributed by atoms with Crippen LogP contribution in [0.25, 0.3) is 0 Å². The maximum atomic E-state index is 13.0. The summed E-state index contributed by atoms with van der Waals surface area (Å²) in [6.07, 6.45) is -2.63. The van der Waals surface area contributed by atoms with Crippen LogP contribution in [0.15, 0.2) is 18.2 Å². The molecule has 1 aliphatic rings. The van der Waals surface area contributed by atoms with E-state index in [0.29, 0.717) is 0 Å². The first kappa shape index (κ1) is 13.9. The highest BCUT2D eigenvalue weighted by atomic mass is 19.4. The number of amides is 1. The van der Waals surface area contributed by atoms with Crippen molar-refractivity contribution >= 4 is 5.91 Å². The van der Waals surface area contributed by atoms with Crippen LogP contribution in [0.3, 0.4) is 0 Å². The molecule has 104 valence electrons. The largest absolute Gasteiger partial charge is 0.416 e. The van der Waals surface area contributed by atoms with Gasteiger partial charge in [0.05, 0.1) is 5.56 Å². The molecule has 0 unspecified atom stereocenters. The lowest BCUT2D eigenvalue weighted by Crippen LogP contribution is -2.26. The predicted octanol–water partition coefficient (Wildman–Crippen LogP) is 3.72. The molecule has 2 rings (SSSR count). The number of rotatable bonds is 3. The Balaban J connectivity index is 2.34. The van der Waals surface area contributed by atoms with Gasteiger partial charge in [-0.3, -0.25) is 4.79 Å². The minimum absolute atomic E-state index is 0.0728.